The van der Waals surface area contributed by atoms with Gasteiger partial charge in [0.25, 0.3) is 0 Å². The molecule has 0 aliphatic carbocycles. The third-order valence-electron chi connectivity index (χ3n) is 3.86. The Morgan fingerprint density at radius 3 is 2.79 bits per heavy atom. The molecular weight excluding hydrogens is 266 g/mol. The molecular formula is C13H24ClN3O2. The largest absolute Gasteiger partial charge is 0.341 e. The first kappa shape index (κ1) is 16.2. The second-order valence-electron chi connectivity index (χ2n) is 5.32. The standard InChI is InChI=1S/C13H23N3O2.ClH/c1-14-8-11-4-2-6-15(9-11)13(18)10-16-7-3-5-12(16)17;/h11,14H,2-10H2,1H3;1H. The van der Waals surface area contributed by atoms with Crippen LogP contribution in [0.5, 0.6) is 0 Å². The van der Waals surface area contributed by atoms with Crippen molar-refractivity contribution in [2.24, 2.45) is 5.92 Å². The number of carbonyl (C=O) groups is 2. The van der Waals surface area contributed by atoms with Gasteiger partial charge in [-0.1, -0.05) is 0 Å². The lowest BCUT2D eigenvalue weighted by Gasteiger charge is -2.33. The fraction of sp³-hybridized carbons (Fsp3) is 0.846. The van der Waals surface area contributed by atoms with Crippen molar-refractivity contribution in [3.63, 3.8) is 0 Å². The monoisotopic (exact) mass is 289 g/mol. The maximum absolute atomic E-state index is 12.2. The van der Waals surface area contributed by atoms with Crippen LogP contribution in [0, 0.1) is 5.92 Å². The fourth-order valence-corrected chi connectivity index (χ4v) is 2.88. The molecule has 6 heteroatoms. The average molecular weight is 290 g/mol. The van der Waals surface area contributed by atoms with Gasteiger partial charge >= 0.3 is 0 Å². The van der Waals surface area contributed by atoms with Crippen LogP contribution in [0.3, 0.4) is 0 Å². The van der Waals surface area contributed by atoms with Crippen LogP contribution < -0.4 is 5.32 Å². The van der Waals surface area contributed by atoms with Gasteiger partial charge in [-0.25, -0.2) is 0 Å². The lowest BCUT2D eigenvalue weighted by Crippen LogP contribution is -2.46. The number of likely N-dealkylation sites (tertiary alicyclic amines) is 2. The van der Waals surface area contributed by atoms with Gasteiger partial charge in [0.1, 0.15) is 0 Å². The van der Waals surface area contributed by atoms with Crippen LogP contribution in [0.4, 0.5) is 0 Å². The number of piperidine rings is 1. The molecule has 19 heavy (non-hydrogen) atoms. The number of halogens is 1. The molecule has 1 N–H and O–H groups in total. The maximum Gasteiger partial charge on any atom is 0.242 e. The highest BCUT2D eigenvalue weighted by Crippen LogP contribution is 2.17. The highest BCUT2D eigenvalue weighted by atomic mass is 35.5. The number of carbonyl (C=O) groups excluding carboxylic acids is 2. The van der Waals surface area contributed by atoms with E-state index in [1.165, 1.54) is 6.42 Å². The summed E-state index contributed by atoms with van der Waals surface area (Å²) in [7, 11) is 1.95. The van der Waals surface area contributed by atoms with Gasteiger partial charge in [0.15, 0.2) is 0 Å². The number of hydrogen-bond acceptors (Lipinski definition) is 3. The molecule has 1 atom stereocenters. The molecule has 0 aromatic rings. The van der Waals surface area contributed by atoms with E-state index in [1.807, 2.05) is 11.9 Å². The van der Waals surface area contributed by atoms with Gasteiger partial charge in [-0.05, 0) is 38.8 Å². The number of nitrogens with one attached hydrogen (secondary N) is 1. The van der Waals surface area contributed by atoms with Gasteiger partial charge in [-0.3, -0.25) is 9.59 Å². The summed E-state index contributed by atoms with van der Waals surface area (Å²) in [5, 5.41) is 3.17. The highest BCUT2D eigenvalue weighted by Gasteiger charge is 2.27. The van der Waals surface area contributed by atoms with Crippen molar-refractivity contribution in [3.8, 4) is 0 Å². The predicted octanol–water partition coefficient (Wildman–Crippen LogP) is 0.489. The molecule has 2 rings (SSSR count). The predicted molar refractivity (Wildman–Crippen MR) is 76.3 cm³/mol. The molecule has 2 heterocycles. The topological polar surface area (TPSA) is 52.7 Å². The Bertz CT molecular complexity index is 323. The summed E-state index contributed by atoms with van der Waals surface area (Å²) >= 11 is 0. The first-order valence-electron chi connectivity index (χ1n) is 6.91. The lowest BCUT2D eigenvalue weighted by atomic mass is 9.98. The zero-order chi connectivity index (χ0) is 13.0. The van der Waals surface area contributed by atoms with E-state index < -0.39 is 0 Å². The van der Waals surface area contributed by atoms with E-state index >= 15 is 0 Å². The minimum Gasteiger partial charge on any atom is -0.341 e. The first-order chi connectivity index (χ1) is 8.70. The number of rotatable bonds is 4. The number of amides is 2. The number of hydrogen-bond donors (Lipinski definition) is 1. The van der Waals surface area contributed by atoms with Crippen molar-refractivity contribution in [1.29, 1.82) is 0 Å². The van der Waals surface area contributed by atoms with Gasteiger partial charge in [-0.15, -0.1) is 12.4 Å². The molecule has 2 saturated heterocycles. The number of nitrogens with zero attached hydrogens (tertiary/aromatic N) is 2. The van der Waals surface area contributed by atoms with Crippen LogP contribution in [0.15, 0.2) is 0 Å². The molecule has 110 valence electrons. The molecule has 2 aliphatic rings. The quantitative estimate of drug-likeness (QED) is 0.819. The molecule has 0 bridgehead atoms. The second-order valence-corrected chi connectivity index (χ2v) is 5.32. The molecule has 0 spiro atoms. The van der Waals surface area contributed by atoms with Gasteiger partial charge in [0.05, 0.1) is 6.54 Å². The van der Waals surface area contributed by atoms with E-state index in [0.717, 1.165) is 39.0 Å². The first-order valence-corrected chi connectivity index (χ1v) is 6.91. The summed E-state index contributed by atoms with van der Waals surface area (Å²) in [6, 6.07) is 0. The van der Waals surface area contributed by atoms with Crippen LogP contribution in [0.2, 0.25) is 0 Å². The molecule has 2 aliphatic heterocycles. The van der Waals surface area contributed by atoms with E-state index in [2.05, 4.69) is 5.32 Å². The lowest BCUT2D eigenvalue weighted by molar-refractivity contribution is -0.139. The van der Waals surface area contributed by atoms with E-state index in [4.69, 9.17) is 0 Å². The summed E-state index contributed by atoms with van der Waals surface area (Å²) in [6.45, 7) is 3.68. The minimum atomic E-state index is 0. The Hall–Kier alpha value is -0.810. The second kappa shape index (κ2) is 7.70. The Kier molecular flexibility index (Phi) is 6.58. The van der Waals surface area contributed by atoms with E-state index in [1.54, 1.807) is 4.90 Å². The van der Waals surface area contributed by atoms with Crippen molar-refractivity contribution in [2.75, 3.05) is 39.8 Å². The van der Waals surface area contributed by atoms with E-state index in [0.29, 0.717) is 12.3 Å². The van der Waals surface area contributed by atoms with Crippen molar-refractivity contribution in [3.05, 3.63) is 0 Å². The smallest absolute Gasteiger partial charge is 0.242 e. The van der Waals surface area contributed by atoms with Crippen molar-refractivity contribution in [1.82, 2.24) is 15.1 Å². The highest BCUT2D eigenvalue weighted by molar-refractivity contribution is 5.86. The van der Waals surface area contributed by atoms with E-state index in [9.17, 15) is 9.59 Å². The van der Waals surface area contributed by atoms with Crippen LogP contribution in [-0.4, -0.2) is 61.4 Å². The molecule has 2 fully saturated rings. The molecule has 0 aromatic carbocycles. The van der Waals surface area contributed by atoms with Gasteiger partial charge in [0.2, 0.25) is 11.8 Å². The van der Waals surface area contributed by atoms with Crippen molar-refractivity contribution >= 4 is 24.2 Å². The minimum absolute atomic E-state index is 0. The molecule has 0 aromatic heterocycles. The normalized spacial score (nSPS) is 23.4. The Labute approximate surface area is 121 Å². The van der Waals surface area contributed by atoms with Gasteiger partial charge < -0.3 is 15.1 Å². The van der Waals surface area contributed by atoms with Gasteiger partial charge in [-0.2, -0.15) is 0 Å². The summed E-state index contributed by atoms with van der Waals surface area (Å²) in [5.74, 6) is 0.806. The zero-order valence-electron chi connectivity index (χ0n) is 11.6. The zero-order valence-corrected chi connectivity index (χ0v) is 12.4. The molecule has 0 radical (unpaired) electrons. The Morgan fingerprint density at radius 2 is 2.16 bits per heavy atom. The van der Waals surface area contributed by atoms with Crippen LogP contribution in [-0.2, 0) is 9.59 Å². The summed E-state index contributed by atoms with van der Waals surface area (Å²) in [5.41, 5.74) is 0. The van der Waals surface area contributed by atoms with E-state index in [-0.39, 0.29) is 30.8 Å². The third kappa shape index (κ3) is 4.35. The summed E-state index contributed by atoms with van der Waals surface area (Å²) in [4.78, 5) is 27.3. The fourth-order valence-electron chi connectivity index (χ4n) is 2.88. The SMILES string of the molecule is CNCC1CCCN(C(=O)CN2CCCC2=O)C1.Cl. The molecule has 5 nitrogen and oxygen atoms in total. The van der Waals surface area contributed by atoms with Gasteiger partial charge in [0, 0.05) is 26.1 Å². The van der Waals surface area contributed by atoms with Crippen LogP contribution >= 0.6 is 12.4 Å². The summed E-state index contributed by atoms with van der Waals surface area (Å²) < 4.78 is 0. The third-order valence-corrected chi connectivity index (χ3v) is 3.86. The maximum atomic E-state index is 12.2. The Balaban J connectivity index is 0.00000180. The molecule has 0 saturated carbocycles. The molecule has 1 unspecified atom stereocenters. The van der Waals surface area contributed by atoms with Crippen molar-refractivity contribution in [2.45, 2.75) is 25.7 Å². The van der Waals surface area contributed by atoms with Crippen LogP contribution in [0.25, 0.3) is 0 Å². The average Bonchev–Trinajstić information content (AvgIpc) is 2.76. The van der Waals surface area contributed by atoms with Crippen LogP contribution in [0.1, 0.15) is 25.7 Å². The Morgan fingerprint density at radius 1 is 1.37 bits per heavy atom. The van der Waals surface area contributed by atoms with Crippen molar-refractivity contribution < 1.29 is 9.59 Å². The molecule has 2 amide bonds. The summed E-state index contributed by atoms with van der Waals surface area (Å²) in [6.07, 6.45) is 3.77.